The van der Waals surface area contributed by atoms with Crippen LogP contribution < -0.4 is 14.6 Å². The van der Waals surface area contributed by atoms with E-state index in [2.05, 4.69) is 4.98 Å². The topological polar surface area (TPSA) is 125 Å². The Labute approximate surface area is 163 Å². The Balaban J connectivity index is 2.24. The van der Waals surface area contributed by atoms with Gasteiger partial charge in [0.25, 0.3) is 15.9 Å². The first-order valence-electron chi connectivity index (χ1n) is 8.70. The molecule has 0 fully saturated rings. The van der Waals surface area contributed by atoms with Crippen LogP contribution in [0.25, 0.3) is 0 Å². The average molecular weight is 405 g/mol. The van der Waals surface area contributed by atoms with Crippen molar-refractivity contribution in [3.05, 3.63) is 53.3 Å². The second kappa shape index (κ2) is 9.32. The summed E-state index contributed by atoms with van der Waals surface area (Å²) in [5.41, 5.74) is 0.0437. The molecule has 0 atom stereocenters. The fourth-order valence-electron chi connectivity index (χ4n) is 2.57. The summed E-state index contributed by atoms with van der Waals surface area (Å²) >= 11 is 0. The van der Waals surface area contributed by atoms with Crippen molar-refractivity contribution in [2.24, 2.45) is 0 Å². The fraction of sp³-hybridized carbons (Fsp3) is 0.316. The predicted octanol–water partition coefficient (Wildman–Crippen LogP) is 1.31. The summed E-state index contributed by atoms with van der Waals surface area (Å²) in [4.78, 5) is 27.3. The van der Waals surface area contributed by atoms with Gasteiger partial charge in [-0.1, -0.05) is 19.8 Å². The van der Waals surface area contributed by atoms with E-state index in [1.807, 2.05) is 11.6 Å². The summed E-state index contributed by atoms with van der Waals surface area (Å²) in [5.74, 6) is -1.86. The Morgan fingerprint density at radius 3 is 2.43 bits per heavy atom. The van der Waals surface area contributed by atoms with Gasteiger partial charge in [0, 0.05) is 6.20 Å². The van der Waals surface area contributed by atoms with Crippen molar-refractivity contribution in [1.82, 2.24) is 9.71 Å². The number of carboxylic acid groups (broad SMARTS) is 1. The zero-order valence-corrected chi connectivity index (χ0v) is 16.4. The van der Waals surface area contributed by atoms with E-state index in [1.54, 1.807) is 0 Å². The summed E-state index contributed by atoms with van der Waals surface area (Å²) in [7, 11) is -2.65. The normalized spacial score (nSPS) is 11.1. The zero-order chi connectivity index (χ0) is 20.7. The molecule has 1 heterocycles. The lowest BCUT2D eigenvalue weighted by Gasteiger charge is -2.12. The number of hydrogen-bond donors (Lipinski definition) is 1. The molecule has 0 aliphatic heterocycles. The minimum absolute atomic E-state index is 0.0476. The molecule has 150 valence electrons. The number of rotatable bonds is 9. The molecule has 1 N–H and O–H groups in total. The molecule has 28 heavy (non-hydrogen) atoms. The van der Waals surface area contributed by atoms with E-state index in [-0.39, 0.29) is 16.2 Å². The lowest BCUT2D eigenvalue weighted by atomic mass is 10.0. The summed E-state index contributed by atoms with van der Waals surface area (Å²) < 4.78 is 31.7. The fourth-order valence-corrected chi connectivity index (χ4v) is 3.54. The number of nitrogens with zero attached hydrogens (tertiary/aromatic N) is 1. The van der Waals surface area contributed by atoms with E-state index in [4.69, 9.17) is 4.74 Å². The smallest absolute Gasteiger partial charge is 0.266 e. The van der Waals surface area contributed by atoms with Crippen molar-refractivity contribution >= 4 is 21.9 Å². The number of methoxy groups -OCH3 is 1. The second-order valence-corrected chi connectivity index (χ2v) is 7.77. The van der Waals surface area contributed by atoms with Gasteiger partial charge in [0.15, 0.2) is 0 Å². The quantitative estimate of drug-likeness (QED) is 0.623. The van der Waals surface area contributed by atoms with Crippen LogP contribution in [0, 0.1) is 0 Å². The summed E-state index contributed by atoms with van der Waals surface area (Å²) in [6, 6.07) is 6.87. The average Bonchev–Trinajstić information content (AvgIpc) is 2.67. The highest BCUT2D eigenvalue weighted by molar-refractivity contribution is 7.90. The van der Waals surface area contributed by atoms with E-state index in [0.717, 1.165) is 19.0 Å². The van der Waals surface area contributed by atoms with Crippen LogP contribution in [0.1, 0.15) is 52.6 Å². The van der Waals surface area contributed by atoms with Gasteiger partial charge in [0.05, 0.1) is 29.2 Å². The molecule has 9 heteroatoms. The molecule has 0 unspecified atom stereocenters. The highest BCUT2D eigenvalue weighted by Crippen LogP contribution is 2.17. The highest BCUT2D eigenvalue weighted by Gasteiger charge is 2.20. The zero-order valence-electron chi connectivity index (χ0n) is 15.6. The van der Waals surface area contributed by atoms with E-state index < -0.39 is 21.9 Å². The summed E-state index contributed by atoms with van der Waals surface area (Å²) in [6.45, 7) is 2.01. The first-order valence-corrected chi connectivity index (χ1v) is 10.2. The molecule has 1 aromatic heterocycles. The van der Waals surface area contributed by atoms with Gasteiger partial charge < -0.3 is 14.6 Å². The number of unbranched alkanes of at least 4 members (excludes halogenated alkanes) is 2. The lowest BCUT2D eigenvalue weighted by molar-refractivity contribution is -0.255. The lowest BCUT2D eigenvalue weighted by Crippen LogP contribution is -2.31. The molecule has 0 spiro atoms. The number of nitrogens with one attached hydrogen (secondary N) is 1. The Morgan fingerprint density at radius 2 is 1.86 bits per heavy atom. The van der Waals surface area contributed by atoms with Crippen LogP contribution in [-0.2, 0) is 16.4 Å². The first kappa shape index (κ1) is 21.4. The SMILES string of the molecule is CCCCCc1cc(C(=O)NS(=O)(=O)c2ccc(OC)cc2)cnc1C(=O)[O-]. The number of hydrogen-bond acceptors (Lipinski definition) is 7. The number of carboxylic acids is 1. The number of aromatic carboxylic acids is 1. The molecular weight excluding hydrogens is 384 g/mol. The Hall–Kier alpha value is -2.94. The molecule has 1 amide bonds. The number of carbonyl (C=O) groups excluding carboxylic acids is 2. The highest BCUT2D eigenvalue weighted by atomic mass is 32.2. The van der Waals surface area contributed by atoms with Crippen molar-refractivity contribution < 1.29 is 27.9 Å². The van der Waals surface area contributed by atoms with Gasteiger partial charge >= 0.3 is 0 Å². The van der Waals surface area contributed by atoms with Crippen molar-refractivity contribution in [3.63, 3.8) is 0 Å². The standard InChI is InChI=1S/C19H22N2O6S/c1-3-4-5-6-13-11-14(12-20-17(13)19(23)24)18(22)21-28(25,26)16-9-7-15(27-2)8-10-16/h7-12H,3-6H2,1-2H3,(H,21,22)(H,23,24)/p-1. The summed E-state index contributed by atoms with van der Waals surface area (Å²) in [5, 5.41) is 11.2. The first-order chi connectivity index (χ1) is 13.3. The Kier molecular flexibility index (Phi) is 7.11. The predicted molar refractivity (Wildman–Crippen MR) is 99.4 cm³/mol. The van der Waals surface area contributed by atoms with Gasteiger partial charge in [0.2, 0.25) is 0 Å². The van der Waals surface area contributed by atoms with Gasteiger partial charge in [-0.3, -0.25) is 9.78 Å². The van der Waals surface area contributed by atoms with Gasteiger partial charge in [-0.15, -0.1) is 0 Å². The molecule has 1 aromatic carbocycles. The third-order valence-electron chi connectivity index (χ3n) is 4.07. The molecule has 8 nitrogen and oxygen atoms in total. The molecule has 0 bridgehead atoms. The monoisotopic (exact) mass is 405 g/mol. The van der Waals surface area contributed by atoms with Crippen molar-refractivity contribution in [2.45, 2.75) is 37.5 Å². The van der Waals surface area contributed by atoms with Crippen LogP contribution in [-0.4, -0.2) is 32.4 Å². The maximum absolute atomic E-state index is 12.4. The maximum Gasteiger partial charge on any atom is 0.266 e. The molecule has 0 saturated heterocycles. The number of pyridine rings is 1. The van der Waals surface area contributed by atoms with Gasteiger partial charge in [0.1, 0.15) is 5.75 Å². The molecule has 0 radical (unpaired) electrons. The number of aromatic nitrogens is 1. The number of amides is 1. The molecule has 2 aromatic rings. The molecule has 0 aliphatic rings. The molecular formula is C19H21N2O6S-. The van der Waals surface area contributed by atoms with Crippen LogP contribution in [0.3, 0.4) is 0 Å². The van der Waals surface area contributed by atoms with Crippen molar-refractivity contribution in [3.8, 4) is 5.75 Å². The van der Waals surface area contributed by atoms with Crippen molar-refractivity contribution in [1.29, 1.82) is 0 Å². The van der Waals surface area contributed by atoms with Crippen LogP contribution in [0.2, 0.25) is 0 Å². The van der Waals surface area contributed by atoms with Gasteiger partial charge in [-0.05, 0) is 48.7 Å². The number of benzene rings is 1. The third-order valence-corrected chi connectivity index (χ3v) is 5.42. The molecule has 0 aliphatic carbocycles. The van der Waals surface area contributed by atoms with E-state index in [0.29, 0.717) is 24.2 Å². The number of carbonyl (C=O) groups is 2. The van der Waals surface area contributed by atoms with Crippen LogP contribution >= 0.6 is 0 Å². The number of ether oxygens (including phenoxy) is 1. The largest absolute Gasteiger partial charge is 0.543 e. The van der Waals surface area contributed by atoms with E-state index in [9.17, 15) is 23.1 Å². The van der Waals surface area contributed by atoms with Gasteiger partial charge in [-0.25, -0.2) is 13.1 Å². The maximum atomic E-state index is 12.4. The van der Waals surface area contributed by atoms with Crippen LogP contribution in [0.5, 0.6) is 5.75 Å². The Morgan fingerprint density at radius 1 is 1.18 bits per heavy atom. The minimum Gasteiger partial charge on any atom is -0.543 e. The molecule has 0 saturated carbocycles. The van der Waals surface area contributed by atoms with Crippen LogP contribution in [0.15, 0.2) is 41.4 Å². The van der Waals surface area contributed by atoms with Crippen LogP contribution in [0.4, 0.5) is 0 Å². The van der Waals surface area contributed by atoms with Crippen molar-refractivity contribution in [2.75, 3.05) is 7.11 Å². The second-order valence-electron chi connectivity index (χ2n) is 6.09. The summed E-state index contributed by atoms with van der Waals surface area (Å²) in [6.07, 6.45) is 3.96. The van der Waals surface area contributed by atoms with E-state index >= 15 is 0 Å². The van der Waals surface area contributed by atoms with E-state index in [1.165, 1.54) is 37.4 Å². The number of sulfonamides is 1. The molecule has 2 rings (SSSR count). The Bertz CT molecular complexity index is 955. The minimum atomic E-state index is -4.10. The third kappa shape index (κ3) is 5.29. The van der Waals surface area contributed by atoms with Gasteiger partial charge in [-0.2, -0.15) is 0 Å². The number of aryl methyl sites for hydroxylation is 1.